The minimum absolute atomic E-state index is 0.321. The molecule has 2 rings (SSSR count). The van der Waals surface area contributed by atoms with Crippen molar-refractivity contribution in [1.29, 1.82) is 0 Å². The summed E-state index contributed by atoms with van der Waals surface area (Å²) >= 11 is 12.0. The van der Waals surface area contributed by atoms with Gasteiger partial charge in [0, 0.05) is 24.7 Å². The number of rotatable bonds is 5. The number of hydrogen-bond acceptors (Lipinski definition) is 4. The van der Waals surface area contributed by atoms with Gasteiger partial charge in [-0.2, -0.15) is 0 Å². The smallest absolute Gasteiger partial charge is 0.158 e. The van der Waals surface area contributed by atoms with Gasteiger partial charge in [-0.15, -0.1) is 0 Å². The van der Waals surface area contributed by atoms with Crippen molar-refractivity contribution in [3.8, 4) is 0 Å². The summed E-state index contributed by atoms with van der Waals surface area (Å²) in [7, 11) is 1.58. The lowest BCUT2D eigenvalue weighted by molar-refractivity contribution is 0.178. The minimum Gasteiger partial charge on any atom is -0.377 e. The summed E-state index contributed by atoms with van der Waals surface area (Å²) in [6.45, 7) is 0.890. The Hall–Kier alpha value is -1.36. The number of nitrogens with one attached hydrogen (secondary N) is 1. The van der Waals surface area contributed by atoms with E-state index in [0.717, 1.165) is 5.56 Å². The van der Waals surface area contributed by atoms with Crippen molar-refractivity contribution in [2.45, 2.75) is 13.2 Å². The van der Waals surface area contributed by atoms with Crippen LogP contribution in [0.25, 0.3) is 0 Å². The summed E-state index contributed by atoms with van der Waals surface area (Å²) in [6, 6.07) is 9.30. The molecule has 0 saturated carbocycles. The molecule has 1 heterocycles. The molecule has 0 atom stereocenters. The van der Waals surface area contributed by atoms with E-state index >= 15 is 0 Å². The molecular formula is C13H13Cl2N3O. The molecule has 6 heteroatoms. The number of ether oxygens (including phenoxy) is 1. The van der Waals surface area contributed by atoms with E-state index in [1.807, 2.05) is 24.3 Å². The predicted octanol–water partition coefficient (Wildman–Crippen LogP) is 3.54. The summed E-state index contributed by atoms with van der Waals surface area (Å²) in [5.41, 5.74) is 0.993. The van der Waals surface area contributed by atoms with Crippen LogP contribution in [0.2, 0.25) is 10.2 Å². The minimum atomic E-state index is 0.321. The van der Waals surface area contributed by atoms with Crippen LogP contribution in [-0.4, -0.2) is 17.1 Å². The molecule has 0 bridgehead atoms. The highest BCUT2D eigenvalue weighted by atomic mass is 35.5. The maximum absolute atomic E-state index is 6.08. The van der Waals surface area contributed by atoms with Gasteiger partial charge in [-0.05, 0) is 11.6 Å². The molecule has 1 aromatic heterocycles. The Morgan fingerprint density at radius 3 is 2.74 bits per heavy atom. The monoisotopic (exact) mass is 297 g/mol. The Morgan fingerprint density at radius 1 is 1.21 bits per heavy atom. The van der Waals surface area contributed by atoms with Gasteiger partial charge in [0.15, 0.2) is 5.82 Å². The van der Waals surface area contributed by atoms with Gasteiger partial charge in [0.05, 0.1) is 0 Å². The Kier molecular flexibility index (Phi) is 4.96. The molecular weight excluding hydrogens is 285 g/mol. The van der Waals surface area contributed by atoms with E-state index in [0.29, 0.717) is 35.0 Å². The summed E-state index contributed by atoms with van der Waals surface area (Å²) in [5.74, 6) is 1.18. The SMILES string of the molecule is COCc1nc(Cl)cc(NCc2ccccc2Cl)n1. The van der Waals surface area contributed by atoms with Crippen LogP contribution in [0.15, 0.2) is 30.3 Å². The normalized spacial score (nSPS) is 10.5. The number of methoxy groups -OCH3 is 1. The van der Waals surface area contributed by atoms with Crippen LogP contribution in [0.3, 0.4) is 0 Å². The van der Waals surface area contributed by atoms with E-state index in [4.69, 9.17) is 27.9 Å². The Morgan fingerprint density at radius 2 is 2.00 bits per heavy atom. The number of nitrogens with zero attached hydrogens (tertiary/aromatic N) is 2. The zero-order chi connectivity index (χ0) is 13.7. The van der Waals surface area contributed by atoms with E-state index in [1.54, 1.807) is 13.2 Å². The van der Waals surface area contributed by atoms with Crippen LogP contribution in [0, 0.1) is 0 Å². The van der Waals surface area contributed by atoms with Gasteiger partial charge in [0.25, 0.3) is 0 Å². The largest absolute Gasteiger partial charge is 0.377 e. The number of benzene rings is 1. The lowest BCUT2D eigenvalue weighted by Gasteiger charge is -2.08. The van der Waals surface area contributed by atoms with Crippen molar-refractivity contribution < 1.29 is 4.74 Å². The molecule has 0 amide bonds. The zero-order valence-corrected chi connectivity index (χ0v) is 11.9. The first-order valence-electron chi connectivity index (χ1n) is 5.68. The molecule has 0 saturated heterocycles. The second-order valence-electron chi connectivity index (χ2n) is 3.87. The number of aromatic nitrogens is 2. The van der Waals surface area contributed by atoms with Crippen molar-refractivity contribution in [3.05, 3.63) is 51.9 Å². The van der Waals surface area contributed by atoms with Crippen molar-refractivity contribution in [2.24, 2.45) is 0 Å². The quantitative estimate of drug-likeness (QED) is 0.858. The van der Waals surface area contributed by atoms with Crippen LogP contribution in [0.1, 0.15) is 11.4 Å². The van der Waals surface area contributed by atoms with Crippen molar-refractivity contribution >= 4 is 29.0 Å². The first-order valence-corrected chi connectivity index (χ1v) is 6.44. The molecule has 4 nitrogen and oxygen atoms in total. The lowest BCUT2D eigenvalue weighted by Crippen LogP contribution is -2.05. The van der Waals surface area contributed by atoms with Crippen LogP contribution < -0.4 is 5.32 Å². The molecule has 0 spiro atoms. The zero-order valence-electron chi connectivity index (χ0n) is 10.4. The molecule has 0 aliphatic carbocycles. The van der Waals surface area contributed by atoms with Gasteiger partial charge < -0.3 is 10.1 Å². The predicted molar refractivity (Wildman–Crippen MR) is 76.5 cm³/mol. The van der Waals surface area contributed by atoms with Crippen LogP contribution in [0.5, 0.6) is 0 Å². The van der Waals surface area contributed by atoms with Gasteiger partial charge in [0.2, 0.25) is 0 Å². The Bertz CT molecular complexity index is 563. The van der Waals surface area contributed by atoms with Gasteiger partial charge in [0.1, 0.15) is 17.6 Å². The number of hydrogen-bond donors (Lipinski definition) is 1. The average Bonchev–Trinajstić information content (AvgIpc) is 2.37. The third-order valence-corrected chi connectivity index (χ3v) is 2.99. The summed E-state index contributed by atoms with van der Waals surface area (Å²) in [4.78, 5) is 8.35. The van der Waals surface area contributed by atoms with E-state index in [-0.39, 0.29) is 0 Å². The highest BCUT2D eigenvalue weighted by Gasteiger charge is 2.04. The first-order chi connectivity index (χ1) is 9.19. The molecule has 0 aliphatic rings. The van der Waals surface area contributed by atoms with Crippen molar-refractivity contribution in [3.63, 3.8) is 0 Å². The third kappa shape index (κ3) is 4.06. The lowest BCUT2D eigenvalue weighted by atomic mass is 10.2. The molecule has 0 fully saturated rings. The molecule has 0 radical (unpaired) electrons. The first kappa shape index (κ1) is 14.1. The highest BCUT2D eigenvalue weighted by Crippen LogP contribution is 2.17. The second kappa shape index (κ2) is 6.70. The summed E-state index contributed by atoms with van der Waals surface area (Å²) in [5, 5.41) is 4.26. The van der Waals surface area contributed by atoms with E-state index in [1.165, 1.54) is 0 Å². The van der Waals surface area contributed by atoms with Crippen molar-refractivity contribution in [1.82, 2.24) is 9.97 Å². The Labute approximate surface area is 121 Å². The van der Waals surface area contributed by atoms with Gasteiger partial charge in [-0.3, -0.25) is 0 Å². The molecule has 100 valence electrons. The van der Waals surface area contributed by atoms with Crippen LogP contribution in [0.4, 0.5) is 5.82 Å². The molecule has 1 aromatic carbocycles. The fraction of sp³-hybridized carbons (Fsp3) is 0.231. The van der Waals surface area contributed by atoms with Gasteiger partial charge in [-0.1, -0.05) is 41.4 Å². The highest BCUT2D eigenvalue weighted by molar-refractivity contribution is 6.31. The maximum atomic E-state index is 6.08. The summed E-state index contributed by atoms with van der Waals surface area (Å²) in [6.07, 6.45) is 0. The van der Waals surface area contributed by atoms with E-state index in [2.05, 4.69) is 15.3 Å². The number of halogens is 2. The summed E-state index contributed by atoms with van der Waals surface area (Å²) < 4.78 is 4.99. The fourth-order valence-corrected chi connectivity index (χ4v) is 1.98. The number of anilines is 1. The molecule has 1 N–H and O–H groups in total. The Balaban J connectivity index is 2.09. The standard InChI is InChI=1S/C13H13Cl2N3O/c1-19-8-13-17-11(15)6-12(18-13)16-7-9-4-2-3-5-10(9)14/h2-6H,7-8H2,1H3,(H,16,17,18). The molecule has 2 aromatic rings. The van der Waals surface area contributed by atoms with E-state index < -0.39 is 0 Å². The van der Waals surface area contributed by atoms with Gasteiger partial charge in [-0.25, -0.2) is 9.97 Å². The topological polar surface area (TPSA) is 47.0 Å². The average molecular weight is 298 g/mol. The fourth-order valence-electron chi connectivity index (χ4n) is 1.58. The molecule has 19 heavy (non-hydrogen) atoms. The van der Waals surface area contributed by atoms with E-state index in [9.17, 15) is 0 Å². The van der Waals surface area contributed by atoms with Crippen molar-refractivity contribution in [2.75, 3.05) is 12.4 Å². The second-order valence-corrected chi connectivity index (χ2v) is 4.66. The molecule has 0 aliphatic heterocycles. The maximum Gasteiger partial charge on any atom is 0.158 e. The van der Waals surface area contributed by atoms with Crippen LogP contribution >= 0.6 is 23.2 Å². The third-order valence-electron chi connectivity index (χ3n) is 2.43. The van der Waals surface area contributed by atoms with Crippen LogP contribution in [-0.2, 0) is 17.9 Å². The molecule has 0 unspecified atom stereocenters. The van der Waals surface area contributed by atoms with Gasteiger partial charge >= 0.3 is 0 Å².